The monoisotopic (exact) mass is 474 g/mol. The van der Waals surface area contributed by atoms with Gasteiger partial charge in [-0.15, -0.1) is 0 Å². The molecule has 34 heavy (non-hydrogen) atoms. The Morgan fingerprint density at radius 3 is 1.62 bits per heavy atom. The van der Waals surface area contributed by atoms with Crippen LogP contribution in [0.3, 0.4) is 0 Å². The Morgan fingerprint density at radius 2 is 1.21 bits per heavy atom. The van der Waals surface area contributed by atoms with Crippen molar-refractivity contribution < 1.29 is 39.1 Å². The van der Waals surface area contributed by atoms with Gasteiger partial charge in [0.25, 0.3) is 11.4 Å². The molecule has 12 heteroatoms. The number of ether oxygens (including phenoxy) is 2. The van der Waals surface area contributed by atoms with Crippen molar-refractivity contribution in [3.05, 3.63) is 80.9 Å². The van der Waals surface area contributed by atoms with Crippen LogP contribution in [0.1, 0.15) is 34.6 Å². The Balaban J connectivity index is 0.000000362. The zero-order chi connectivity index (χ0) is 26.0. The van der Waals surface area contributed by atoms with Crippen LogP contribution < -0.4 is 9.47 Å². The molecule has 0 aliphatic carbocycles. The molecule has 0 spiro atoms. The van der Waals surface area contributed by atoms with E-state index >= 15 is 0 Å². The van der Waals surface area contributed by atoms with E-state index < -0.39 is 38.6 Å². The summed E-state index contributed by atoms with van der Waals surface area (Å²) in [6.07, 6.45) is 3.02. The summed E-state index contributed by atoms with van der Waals surface area (Å²) in [6, 6.07) is 4.10. The normalized spacial score (nSPS) is 9.71. The predicted molar refractivity (Wildman–Crippen MR) is 121 cm³/mol. The number of hydrogen-bond acceptors (Lipinski definition) is 10. The Labute approximate surface area is 193 Å². The summed E-state index contributed by atoms with van der Waals surface area (Å²) in [7, 11) is 0. The number of carbonyl (C=O) groups is 2. The SMILES string of the molecule is C=CCOc1cc(C(C)=O)c([N+](=O)[O-])cc1OCC=C.CC(=O)c1cc(O)c(O)cc1[N+](=O)[O-]. The summed E-state index contributed by atoms with van der Waals surface area (Å²) in [4.78, 5) is 42.4. The molecule has 0 fully saturated rings. The van der Waals surface area contributed by atoms with Gasteiger partial charge < -0.3 is 19.7 Å². The smallest absolute Gasteiger partial charge is 0.284 e. The molecule has 2 N–H and O–H groups in total. The van der Waals surface area contributed by atoms with Gasteiger partial charge in [-0.1, -0.05) is 25.3 Å². The van der Waals surface area contributed by atoms with Crippen molar-refractivity contribution in [2.45, 2.75) is 13.8 Å². The number of nitro groups is 2. The van der Waals surface area contributed by atoms with Crippen molar-refractivity contribution in [1.82, 2.24) is 0 Å². The summed E-state index contributed by atoms with van der Waals surface area (Å²) >= 11 is 0. The number of nitro benzene ring substituents is 2. The van der Waals surface area contributed by atoms with Crippen molar-refractivity contribution in [1.29, 1.82) is 0 Å². The molecule has 2 aromatic carbocycles. The van der Waals surface area contributed by atoms with E-state index in [0.717, 1.165) is 19.1 Å². The van der Waals surface area contributed by atoms with Gasteiger partial charge in [-0.25, -0.2) is 0 Å². The number of nitrogens with zero attached hydrogens (tertiary/aromatic N) is 2. The van der Waals surface area contributed by atoms with Gasteiger partial charge in [-0.2, -0.15) is 0 Å². The summed E-state index contributed by atoms with van der Waals surface area (Å²) in [5.41, 5.74) is -1.10. The molecule has 0 heterocycles. The Morgan fingerprint density at radius 1 is 0.824 bits per heavy atom. The molecule has 0 atom stereocenters. The number of rotatable bonds is 10. The predicted octanol–water partition coefficient (Wildman–Crippen LogP) is 4.14. The van der Waals surface area contributed by atoms with Gasteiger partial charge in [0.05, 0.1) is 33.1 Å². The molecule has 2 rings (SSSR count). The van der Waals surface area contributed by atoms with Crippen LogP contribution in [0.25, 0.3) is 0 Å². The van der Waals surface area contributed by atoms with Crippen LogP contribution >= 0.6 is 0 Å². The number of Topliss-reactive ketones (excluding diaryl/α,β-unsaturated/α-hetero) is 2. The van der Waals surface area contributed by atoms with E-state index in [1.54, 1.807) is 0 Å². The van der Waals surface area contributed by atoms with Crippen LogP contribution in [-0.2, 0) is 0 Å². The van der Waals surface area contributed by atoms with Crippen molar-refractivity contribution in [3.63, 3.8) is 0 Å². The molecule has 0 aliphatic rings. The van der Waals surface area contributed by atoms with Crippen molar-refractivity contribution >= 4 is 22.9 Å². The molecule has 0 amide bonds. The lowest BCUT2D eigenvalue weighted by Gasteiger charge is -2.12. The van der Waals surface area contributed by atoms with E-state index in [1.807, 2.05) is 0 Å². The van der Waals surface area contributed by atoms with Gasteiger partial charge in [-0.05, 0) is 13.8 Å². The van der Waals surface area contributed by atoms with E-state index in [-0.39, 0.29) is 41.5 Å². The molecule has 0 saturated carbocycles. The lowest BCUT2D eigenvalue weighted by atomic mass is 10.1. The molecule has 2 aromatic rings. The second-order valence-electron chi connectivity index (χ2n) is 6.50. The maximum Gasteiger partial charge on any atom is 0.284 e. The zero-order valence-corrected chi connectivity index (χ0v) is 18.3. The number of carbonyl (C=O) groups excluding carboxylic acids is 2. The van der Waals surface area contributed by atoms with Crippen LogP contribution in [0.15, 0.2) is 49.6 Å². The minimum atomic E-state index is -0.796. The molecule has 0 bridgehead atoms. The summed E-state index contributed by atoms with van der Waals surface area (Å²) in [6.45, 7) is 9.77. The first-order chi connectivity index (χ1) is 15.9. The van der Waals surface area contributed by atoms with Gasteiger partial charge in [0.2, 0.25) is 0 Å². The van der Waals surface area contributed by atoms with Crippen LogP contribution in [0, 0.1) is 20.2 Å². The third-order valence-electron chi connectivity index (χ3n) is 4.02. The molecule has 12 nitrogen and oxygen atoms in total. The van der Waals surface area contributed by atoms with Crippen LogP contribution in [0.4, 0.5) is 11.4 Å². The lowest BCUT2D eigenvalue weighted by molar-refractivity contribution is -0.385. The first-order valence-electron chi connectivity index (χ1n) is 9.46. The average Bonchev–Trinajstić information content (AvgIpc) is 2.77. The topological polar surface area (TPSA) is 179 Å². The molecular weight excluding hydrogens is 452 g/mol. The highest BCUT2D eigenvalue weighted by Crippen LogP contribution is 2.35. The lowest BCUT2D eigenvalue weighted by Crippen LogP contribution is -2.05. The van der Waals surface area contributed by atoms with E-state index in [9.17, 15) is 29.8 Å². The van der Waals surface area contributed by atoms with Crippen LogP contribution in [-0.4, -0.2) is 44.8 Å². The highest BCUT2D eigenvalue weighted by Gasteiger charge is 2.23. The van der Waals surface area contributed by atoms with Crippen molar-refractivity contribution in [2.75, 3.05) is 13.2 Å². The van der Waals surface area contributed by atoms with Gasteiger partial charge in [0.1, 0.15) is 13.2 Å². The third kappa shape index (κ3) is 7.15. The Hall–Kier alpha value is -4.74. The Kier molecular flexibility index (Phi) is 9.90. The van der Waals surface area contributed by atoms with E-state index in [0.29, 0.717) is 0 Å². The first-order valence-corrected chi connectivity index (χ1v) is 9.46. The summed E-state index contributed by atoms with van der Waals surface area (Å²) < 4.78 is 10.7. The first kappa shape index (κ1) is 27.3. The average molecular weight is 474 g/mol. The molecule has 0 saturated heterocycles. The molecule has 180 valence electrons. The van der Waals surface area contributed by atoms with Crippen molar-refractivity contribution in [2.24, 2.45) is 0 Å². The molecule has 0 unspecified atom stereocenters. The maximum absolute atomic E-state index is 11.5. The Bertz CT molecular complexity index is 1050. The fourth-order valence-corrected chi connectivity index (χ4v) is 2.50. The minimum Gasteiger partial charge on any atom is -0.504 e. The zero-order valence-electron chi connectivity index (χ0n) is 18.3. The van der Waals surface area contributed by atoms with Gasteiger partial charge in [0, 0.05) is 12.1 Å². The van der Waals surface area contributed by atoms with E-state index in [2.05, 4.69) is 13.2 Å². The van der Waals surface area contributed by atoms with Crippen LogP contribution in [0.5, 0.6) is 23.0 Å². The highest BCUT2D eigenvalue weighted by atomic mass is 16.6. The fourth-order valence-electron chi connectivity index (χ4n) is 2.50. The van der Waals surface area contributed by atoms with Crippen LogP contribution in [0.2, 0.25) is 0 Å². The van der Waals surface area contributed by atoms with E-state index in [4.69, 9.17) is 19.7 Å². The second-order valence-corrected chi connectivity index (χ2v) is 6.50. The maximum atomic E-state index is 11.5. The minimum absolute atomic E-state index is 0.0278. The largest absolute Gasteiger partial charge is 0.504 e. The number of benzene rings is 2. The van der Waals surface area contributed by atoms with E-state index in [1.165, 1.54) is 31.2 Å². The molecule has 0 radical (unpaired) electrons. The second kappa shape index (κ2) is 12.3. The number of hydrogen-bond donors (Lipinski definition) is 2. The number of phenols is 2. The summed E-state index contributed by atoms with van der Waals surface area (Å²) in [5.74, 6) is -1.71. The standard InChI is InChI=1S/C14H15NO5.C8H7NO5/c1-4-6-19-13-8-11(10(3)16)12(15(17)18)9-14(13)20-7-5-2;1-4(10)5-2-7(11)8(12)3-6(5)9(13)14/h4-5,8-9H,1-2,6-7H2,3H3;2-3,11-12H,1H3. The van der Waals surface area contributed by atoms with Gasteiger partial charge in [-0.3, -0.25) is 29.8 Å². The van der Waals surface area contributed by atoms with Crippen molar-refractivity contribution in [3.8, 4) is 23.0 Å². The highest BCUT2D eigenvalue weighted by molar-refractivity contribution is 5.99. The summed E-state index contributed by atoms with van der Waals surface area (Å²) in [5, 5.41) is 39.5. The number of aromatic hydroxyl groups is 2. The van der Waals surface area contributed by atoms with Gasteiger partial charge in [0.15, 0.2) is 34.6 Å². The number of ketones is 2. The quantitative estimate of drug-likeness (QED) is 0.167. The molecule has 0 aliphatic heterocycles. The fraction of sp³-hybridized carbons (Fsp3) is 0.182. The number of phenolic OH excluding ortho intramolecular Hbond substituents is 2. The van der Waals surface area contributed by atoms with Gasteiger partial charge >= 0.3 is 0 Å². The molecule has 0 aromatic heterocycles. The molecular formula is C22H22N2O10. The third-order valence-corrected chi connectivity index (χ3v) is 4.02.